The van der Waals surface area contributed by atoms with Crippen molar-refractivity contribution in [3.8, 4) is 0 Å². The quantitative estimate of drug-likeness (QED) is 0.780. The van der Waals surface area contributed by atoms with E-state index >= 15 is 0 Å². The minimum atomic E-state index is -4.52. The van der Waals surface area contributed by atoms with Gasteiger partial charge in [0.25, 0.3) is 0 Å². The van der Waals surface area contributed by atoms with E-state index in [4.69, 9.17) is 0 Å². The first kappa shape index (κ1) is 18.6. The third kappa shape index (κ3) is 5.70. The number of halogens is 3. The minimum absolute atomic E-state index is 0.0342. The van der Waals surface area contributed by atoms with Crippen LogP contribution in [0.5, 0.6) is 0 Å². The molecule has 1 fully saturated rings. The highest BCUT2D eigenvalue weighted by Crippen LogP contribution is 2.34. The normalized spacial score (nSPS) is 30.1. The van der Waals surface area contributed by atoms with E-state index in [1.54, 1.807) is 0 Å². The van der Waals surface area contributed by atoms with Crippen LogP contribution in [0.3, 0.4) is 0 Å². The Morgan fingerprint density at radius 3 is 2.43 bits per heavy atom. The number of hydrogen-bond donors (Lipinski definition) is 2. The van der Waals surface area contributed by atoms with Gasteiger partial charge in [0, 0.05) is 6.54 Å². The maximum absolute atomic E-state index is 12.5. The lowest BCUT2D eigenvalue weighted by molar-refractivity contribution is -0.168. The number of thiol groups is 1. The molecule has 5 atom stereocenters. The summed E-state index contributed by atoms with van der Waals surface area (Å²) in [7, 11) is 0. The van der Waals surface area contributed by atoms with E-state index in [0.29, 0.717) is 0 Å². The van der Waals surface area contributed by atoms with E-state index in [2.05, 4.69) is 12.6 Å². The third-order valence-electron chi connectivity index (χ3n) is 3.94. The smallest absolute Gasteiger partial charge is 0.391 e. The monoisotopic (exact) mass is 327 g/mol. The first-order valence-electron chi connectivity index (χ1n) is 7.23. The van der Waals surface area contributed by atoms with Crippen LogP contribution in [0.2, 0.25) is 0 Å². The largest absolute Gasteiger partial charge is 0.397 e. The molecule has 7 heteroatoms. The van der Waals surface area contributed by atoms with Gasteiger partial charge in [0.1, 0.15) is 6.42 Å². The molecular weight excluding hydrogens is 303 g/mol. The number of carbonyl (C=O) groups excluding carboxylic acids is 1. The molecule has 0 aromatic carbocycles. The summed E-state index contributed by atoms with van der Waals surface area (Å²) in [6, 6.07) is -0.550. The molecule has 1 saturated heterocycles. The maximum Gasteiger partial charge on any atom is 0.397 e. The van der Waals surface area contributed by atoms with E-state index in [0.717, 1.165) is 12.8 Å². The predicted octanol–water partition coefficient (Wildman–Crippen LogP) is 2.88. The molecule has 1 heterocycles. The van der Waals surface area contributed by atoms with Gasteiger partial charge in [-0.1, -0.05) is 13.8 Å². The number of rotatable bonds is 4. The molecule has 0 saturated carbocycles. The van der Waals surface area contributed by atoms with Gasteiger partial charge in [-0.2, -0.15) is 25.8 Å². The number of carbonyl (C=O) groups is 1. The second-order valence-corrected chi connectivity index (χ2v) is 7.11. The first-order valence-corrected chi connectivity index (χ1v) is 7.75. The molecule has 1 rings (SSSR count). The fraction of sp³-hybridized carbons (Fsp3) is 0.929. The van der Waals surface area contributed by atoms with Crippen molar-refractivity contribution in [1.82, 2.24) is 4.90 Å². The summed E-state index contributed by atoms with van der Waals surface area (Å²) in [6.45, 7) is 5.59. The number of amides is 1. The van der Waals surface area contributed by atoms with Crippen molar-refractivity contribution in [2.75, 3.05) is 6.54 Å². The Morgan fingerprint density at radius 2 is 2.00 bits per heavy atom. The second-order valence-electron chi connectivity index (χ2n) is 6.23. The maximum atomic E-state index is 12.5. The molecule has 0 spiro atoms. The van der Waals surface area contributed by atoms with Gasteiger partial charge in [0.15, 0.2) is 0 Å². The van der Waals surface area contributed by atoms with Crippen LogP contribution >= 0.6 is 12.6 Å². The Balaban J connectivity index is 2.88. The molecular formula is C14H24F3NO2S. The topological polar surface area (TPSA) is 40.5 Å². The van der Waals surface area contributed by atoms with Crippen LogP contribution in [-0.2, 0) is 4.79 Å². The van der Waals surface area contributed by atoms with Crippen molar-refractivity contribution < 1.29 is 23.1 Å². The van der Waals surface area contributed by atoms with Crippen molar-refractivity contribution in [2.45, 2.75) is 63.6 Å². The highest BCUT2D eigenvalue weighted by atomic mass is 32.1. The molecule has 3 nitrogen and oxygen atoms in total. The third-order valence-corrected chi connectivity index (χ3v) is 4.15. The van der Waals surface area contributed by atoms with E-state index in [-0.39, 0.29) is 23.6 Å². The van der Waals surface area contributed by atoms with Gasteiger partial charge in [0.05, 0.1) is 12.1 Å². The zero-order valence-corrected chi connectivity index (χ0v) is 13.5. The van der Waals surface area contributed by atoms with Crippen molar-refractivity contribution >= 4 is 18.5 Å². The minimum Gasteiger partial charge on any atom is -0.391 e. The van der Waals surface area contributed by atoms with E-state index < -0.39 is 30.7 Å². The zero-order valence-electron chi connectivity index (χ0n) is 12.6. The lowest BCUT2D eigenvalue weighted by Gasteiger charge is -2.45. The molecule has 3 unspecified atom stereocenters. The lowest BCUT2D eigenvalue weighted by atomic mass is 9.80. The molecule has 1 amide bonds. The van der Waals surface area contributed by atoms with Crippen LogP contribution in [0.25, 0.3) is 0 Å². The summed E-state index contributed by atoms with van der Waals surface area (Å²) in [5.41, 5.74) is 0. The van der Waals surface area contributed by atoms with Gasteiger partial charge in [-0.15, -0.1) is 0 Å². The number of aliphatic hydroxyl groups is 1. The first-order chi connectivity index (χ1) is 9.51. The molecule has 21 heavy (non-hydrogen) atoms. The summed E-state index contributed by atoms with van der Waals surface area (Å²) in [4.78, 5) is 13.2. The average Bonchev–Trinajstić information content (AvgIpc) is 2.23. The number of likely N-dealkylation sites (tertiary alicyclic amines) is 1. The molecule has 1 N–H and O–H groups in total. The summed E-state index contributed by atoms with van der Waals surface area (Å²) in [6.07, 6.45) is -5.29. The Hall–Kier alpha value is -0.430. The summed E-state index contributed by atoms with van der Waals surface area (Å²) >= 11 is 4.32. The van der Waals surface area contributed by atoms with Crippen LogP contribution in [0.15, 0.2) is 0 Å². The Morgan fingerprint density at radius 1 is 1.43 bits per heavy atom. The Kier molecular flexibility index (Phi) is 6.40. The van der Waals surface area contributed by atoms with Crippen molar-refractivity contribution in [3.63, 3.8) is 0 Å². The zero-order chi connectivity index (χ0) is 16.4. The van der Waals surface area contributed by atoms with Gasteiger partial charge in [-0.3, -0.25) is 4.79 Å². The lowest BCUT2D eigenvalue weighted by Crippen LogP contribution is -2.56. The van der Waals surface area contributed by atoms with Crippen LogP contribution in [0.1, 0.15) is 40.0 Å². The summed E-state index contributed by atoms with van der Waals surface area (Å²) in [5, 5.41) is 9.97. The summed E-state index contributed by atoms with van der Waals surface area (Å²) in [5.74, 6) is -0.857. The molecule has 0 aromatic heterocycles. The number of piperidine rings is 1. The molecule has 0 radical (unpaired) electrons. The number of alkyl halides is 3. The molecule has 0 aliphatic carbocycles. The standard InChI is InChI=1S/C14H24F3NO2S/c1-8-4-11(5-9(2)21)7-18(13(8)10(3)19)12(20)6-14(15,16)17/h8-11,13,19,21H,4-7H2,1-3H3/t8-,9?,10+,11?,13?/m1/s1. The fourth-order valence-electron chi connectivity index (χ4n) is 3.38. The van der Waals surface area contributed by atoms with E-state index in [1.165, 1.54) is 11.8 Å². The van der Waals surface area contributed by atoms with Crippen LogP contribution in [-0.4, -0.2) is 46.0 Å². The number of hydrogen-bond acceptors (Lipinski definition) is 3. The molecule has 124 valence electrons. The van der Waals surface area contributed by atoms with Gasteiger partial charge in [0.2, 0.25) is 5.91 Å². The Labute approximate surface area is 129 Å². The van der Waals surface area contributed by atoms with Crippen molar-refractivity contribution in [1.29, 1.82) is 0 Å². The van der Waals surface area contributed by atoms with Crippen LogP contribution in [0, 0.1) is 11.8 Å². The molecule has 1 aliphatic rings. The van der Waals surface area contributed by atoms with Gasteiger partial charge in [-0.05, 0) is 36.9 Å². The SMILES string of the molecule is CC(S)CC1C[C@@H](C)C([C@H](C)O)N(C(=O)CC(F)(F)F)C1. The molecule has 0 bridgehead atoms. The molecule has 0 aromatic rings. The number of nitrogens with zero attached hydrogens (tertiary/aromatic N) is 1. The number of aliphatic hydroxyl groups excluding tert-OH is 1. The fourth-order valence-corrected chi connectivity index (χ4v) is 3.68. The van der Waals surface area contributed by atoms with Crippen LogP contribution in [0.4, 0.5) is 13.2 Å². The molecule has 1 aliphatic heterocycles. The van der Waals surface area contributed by atoms with E-state index in [1.807, 2.05) is 13.8 Å². The van der Waals surface area contributed by atoms with E-state index in [9.17, 15) is 23.1 Å². The Bertz CT molecular complexity index is 361. The van der Waals surface area contributed by atoms with Crippen LogP contribution < -0.4 is 0 Å². The summed E-state index contributed by atoms with van der Waals surface area (Å²) < 4.78 is 37.4. The van der Waals surface area contributed by atoms with Gasteiger partial charge < -0.3 is 10.0 Å². The van der Waals surface area contributed by atoms with Crippen molar-refractivity contribution in [2.24, 2.45) is 11.8 Å². The predicted molar refractivity (Wildman–Crippen MR) is 78.2 cm³/mol. The van der Waals surface area contributed by atoms with Crippen molar-refractivity contribution in [3.05, 3.63) is 0 Å². The average molecular weight is 327 g/mol. The highest BCUT2D eigenvalue weighted by Gasteiger charge is 2.42. The second kappa shape index (κ2) is 7.22. The van der Waals surface area contributed by atoms with Gasteiger partial charge >= 0.3 is 6.18 Å². The highest BCUT2D eigenvalue weighted by molar-refractivity contribution is 7.80. The van der Waals surface area contributed by atoms with Gasteiger partial charge in [-0.25, -0.2) is 0 Å².